The van der Waals surface area contributed by atoms with E-state index in [2.05, 4.69) is 10.3 Å². The van der Waals surface area contributed by atoms with Crippen molar-refractivity contribution in [1.82, 2.24) is 4.98 Å². The molecular weight excluding hydrogens is 210 g/mol. The maximum Gasteiger partial charge on any atom is 0.235 e. The summed E-state index contributed by atoms with van der Waals surface area (Å²) in [5, 5.41) is 2.76. The number of nitrogens with two attached hydrogens (primary N) is 1. The Balaban J connectivity index is 2.41. The third-order valence-electron chi connectivity index (χ3n) is 1.76. The number of carbonyl (C=O) groups is 1. The molecule has 4 nitrogen and oxygen atoms in total. The molecule has 1 rings (SSSR count). The molecule has 0 atom stereocenters. The number of hydrogen-bond donors (Lipinski definition) is 2. The highest BCUT2D eigenvalue weighted by atomic mass is 32.2. The van der Waals surface area contributed by atoms with Crippen molar-refractivity contribution in [2.45, 2.75) is 6.92 Å². The largest absolute Gasteiger partial charge is 0.330 e. The molecular formula is C10H15N3OS. The molecule has 0 unspecified atom stereocenters. The lowest BCUT2D eigenvalue weighted by Gasteiger charge is -2.06. The fourth-order valence-corrected chi connectivity index (χ4v) is 1.60. The van der Waals surface area contributed by atoms with Crippen LogP contribution in [0.15, 0.2) is 18.3 Å². The van der Waals surface area contributed by atoms with Crippen molar-refractivity contribution in [3.8, 4) is 0 Å². The van der Waals surface area contributed by atoms with Crippen LogP contribution in [0.25, 0.3) is 0 Å². The highest BCUT2D eigenvalue weighted by molar-refractivity contribution is 7.99. The summed E-state index contributed by atoms with van der Waals surface area (Å²) in [4.78, 5) is 15.5. The lowest BCUT2D eigenvalue weighted by Crippen LogP contribution is -2.17. The summed E-state index contributed by atoms with van der Waals surface area (Å²) in [5.41, 5.74) is 6.29. The van der Waals surface area contributed by atoms with Gasteiger partial charge in [0.1, 0.15) is 5.82 Å². The summed E-state index contributed by atoms with van der Waals surface area (Å²) in [6.07, 6.45) is 1.66. The molecule has 0 aliphatic carbocycles. The Hall–Kier alpha value is -1.07. The van der Waals surface area contributed by atoms with Crippen molar-refractivity contribution in [1.29, 1.82) is 0 Å². The summed E-state index contributed by atoms with van der Waals surface area (Å²) in [6.45, 7) is 2.51. The molecule has 0 aliphatic rings. The van der Waals surface area contributed by atoms with E-state index in [4.69, 9.17) is 5.73 Å². The van der Waals surface area contributed by atoms with Crippen LogP contribution in [0.2, 0.25) is 0 Å². The number of nitrogens with zero attached hydrogens (tertiary/aromatic N) is 1. The van der Waals surface area contributed by atoms with E-state index < -0.39 is 0 Å². The number of carbonyl (C=O) groups excluding carboxylic acids is 1. The Morgan fingerprint density at radius 2 is 2.47 bits per heavy atom. The van der Waals surface area contributed by atoms with Crippen molar-refractivity contribution in [3.63, 3.8) is 0 Å². The van der Waals surface area contributed by atoms with Gasteiger partial charge in [0.25, 0.3) is 0 Å². The Bertz CT molecular complexity index is 330. The Morgan fingerprint density at radius 3 is 3.13 bits per heavy atom. The molecule has 15 heavy (non-hydrogen) atoms. The van der Waals surface area contributed by atoms with E-state index in [9.17, 15) is 4.79 Å². The van der Waals surface area contributed by atoms with Gasteiger partial charge in [-0.25, -0.2) is 4.98 Å². The second-order valence-corrected chi connectivity index (χ2v) is 4.16. The molecule has 0 saturated carbocycles. The monoisotopic (exact) mass is 225 g/mol. The number of rotatable bonds is 5. The summed E-state index contributed by atoms with van der Waals surface area (Å²) >= 11 is 1.52. The van der Waals surface area contributed by atoms with E-state index >= 15 is 0 Å². The van der Waals surface area contributed by atoms with Crippen LogP contribution in [-0.4, -0.2) is 28.9 Å². The number of aryl methyl sites for hydroxylation is 1. The number of hydrogen-bond acceptors (Lipinski definition) is 4. The second-order valence-electron chi connectivity index (χ2n) is 3.06. The molecule has 82 valence electrons. The number of nitrogens with one attached hydrogen (secondary N) is 1. The molecule has 1 heterocycles. The van der Waals surface area contributed by atoms with Gasteiger partial charge in [-0.15, -0.1) is 0 Å². The lowest BCUT2D eigenvalue weighted by atomic mass is 10.3. The van der Waals surface area contributed by atoms with Gasteiger partial charge in [-0.2, -0.15) is 11.8 Å². The summed E-state index contributed by atoms with van der Waals surface area (Å²) in [5.74, 6) is 1.83. The fraction of sp³-hybridized carbons (Fsp3) is 0.400. The SMILES string of the molecule is Cc1cccnc1NC(=O)CSCCN. The molecule has 0 saturated heterocycles. The third kappa shape index (κ3) is 4.31. The van der Waals surface area contributed by atoms with E-state index in [1.54, 1.807) is 6.20 Å². The highest BCUT2D eigenvalue weighted by Crippen LogP contribution is 2.09. The molecule has 1 aromatic rings. The first-order chi connectivity index (χ1) is 7.24. The summed E-state index contributed by atoms with van der Waals surface area (Å²) < 4.78 is 0. The van der Waals surface area contributed by atoms with Crippen LogP contribution >= 0.6 is 11.8 Å². The number of anilines is 1. The predicted molar refractivity (Wildman–Crippen MR) is 64.0 cm³/mol. The van der Waals surface area contributed by atoms with Gasteiger partial charge in [-0.1, -0.05) is 6.07 Å². The molecule has 1 amide bonds. The Labute approximate surface area is 93.7 Å². The first-order valence-corrected chi connectivity index (χ1v) is 5.89. The van der Waals surface area contributed by atoms with Crippen molar-refractivity contribution in [2.75, 3.05) is 23.4 Å². The zero-order valence-electron chi connectivity index (χ0n) is 8.69. The van der Waals surface area contributed by atoms with Gasteiger partial charge < -0.3 is 11.1 Å². The molecule has 0 radical (unpaired) electrons. The number of pyridine rings is 1. The molecule has 0 spiro atoms. The van der Waals surface area contributed by atoms with E-state index in [-0.39, 0.29) is 5.91 Å². The first-order valence-electron chi connectivity index (χ1n) is 4.73. The number of aromatic nitrogens is 1. The van der Waals surface area contributed by atoms with Crippen molar-refractivity contribution < 1.29 is 4.79 Å². The Morgan fingerprint density at radius 1 is 1.67 bits per heavy atom. The molecule has 3 N–H and O–H groups in total. The minimum Gasteiger partial charge on any atom is -0.330 e. The van der Waals surface area contributed by atoms with E-state index in [0.29, 0.717) is 18.1 Å². The van der Waals surface area contributed by atoms with Gasteiger partial charge in [0.05, 0.1) is 5.75 Å². The number of amides is 1. The van der Waals surface area contributed by atoms with Crippen LogP contribution in [0.5, 0.6) is 0 Å². The zero-order chi connectivity index (χ0) is 11.1. The van der Waals surface area contributed by atoms with Crippen molar-refractivity contribution >= 4 is 23.5 Å². The summed E-state index contributed by atoms with van der Waals surface area (Å²) in [7, 11) is 0. The second kappa shape index (κ2) is 6.42. The van der Waals surface area contributed by atoms with Crippen LogP contribution < -0.4 is 11.1 Å². The van der Waals surface area contributed by atoms with Gasteiger partial charge in [-0.05, 0) is 18.6 Å². The standard InChI is InChI=1S/C10H15N3OS/c1-8-3-2-5-12-10(8)13-9(14)7-15-6-4-11/h2-3,5H,4,6-7,11H2,1H3,(H,12,13,14). The molecule has 0 aliphatic heterocycles. The number of thioether (sulfide) groups is 1. The van der Waals surface area contributed by atoms with Crippen molar-refractivity contribution in [3.05, 3.63) is 23.9 Å². The smallest absolute Gasteiger partial charge is 0.235 e. The predicted octanol–water partition coefficient (Wildman–Crippen LogP) is 1.02. The van der Waals surface area contributed by atoms with Gasteiger partial charge in [0.2, 0.25) is 5.91 Å². The topological polar surface area (TPSA) is 68.0 Å². The summed E-state index contributed by atoms with van der Waals surface area (Å²) in [6, 6.07) is 3.75. The van der Waals surface area contributed by atoms with Crippen LogP contribution in [0, 0.1) is 6.92 Å². The van der Waals surface area contributed by atoms with Gasteiger partial charge in [0, 0.05) is 18.5 Å². The molecule has 1 aromatic heterocycles. The van der Waals surface area contributed by atoms with E-state index in [0.717, 1.165) is 11.3 Å². The maximum absolute atomic E-state index is 11.4. The minimum absolute atomic E-state index is 0.0322. The molecule has 0 aromatic carbocycles. The third-order valence-corrected chi connectivity index (χ3v) is 2.75. The highest BCUT2D eigenvalue weighted by Gasteiger charge is 2.04. The van der Waals surface area contributed by atoms with Crippen LogP contribution in [0.4, 0.5) is 5.82 Å². The van der Waals surface area contributed by atoms with Gasteiger partial charge in [0.15, 0.2) is 0 Å². The molecule has 0 fully saturated rings. The van der Waals surface area contributed by atoms with E-state index in [1.807, 2.05) is 19.1 Å². The van der Waals surface area contributed by atoms with Gasteiger partial charge in [-0.3, -0.25) is 4.79 Å². The molecule has 0 bridgehead atoms. The first kappa shape index (κ1) is 12.0. The maximum atomic E-state index is 11.4. The molecule has 5 heteroatoms. The lowest BCUT2D eigenvalue weighted by molar-refractivity contribution is -0.113. The average Bonchev–Trinajstić information content (AvgIpc) is 2.22. The fourth-order valence-electron chi connectivity index (χ4n) is 1.03. The van der Waals surface area contributed by atoms with E-state index in [1.165, 1.54) is 11.8 Å². The van der Waals surface area contributed by atoms with Gasteiger partial charge >= 0.3 is 0 Å². The zero-order valence-corrected chi connectivity index (χ0v) is 9.51. The minimum atomic E-state index is -0.0322. The van der Waals surface area contributed by atoms with Crippen LogP contribution in [0.3, 0.4) is 0 Å². The van der Waals surface area contributed by atoms with Crippen LogP contribution in [-0.2, 0) is 4.79 Å². The quantitative estimate of drug-likeness (QED) is 0.734. The Kier molecular flexibility index (Phi) is 5.14. The average molecular weight is 225 g/mol. The van der Waals surface area contributed by atoms with Crippen molar-refractivity contribution in [2.24, 2.45) is 5.73 Å². The normalized spacial score (nSPS) is 10.0. The van der Waals surface area contributed by atoms with Crippen LogP contribution in [0.1, 0.15) is 5.56 Å².